The van der Waals surface area contributed by atoms with E-state index >= 15 is 0 Å². The highest BCUT2D eigenvalue weighted by atomic mass is 79.9. The maximum absolute atomic E-state index is 3.77. The zero-order valence-corrected chi connectivity index (χ0v) is 13.0. The van der Waals surface area contributed by atoms with Gasteiger partial charge in [0, 0.05) is 28.0 Å². The van der Waals surface area contributed by atoms with Gasteiger partial charge in [0.15, 0.2) is 0 Å². The molecule has 0 saturated carbocycles. The van der Waals surface area contributed by atoms with E-state index in [-0.39, 0.29) is 0 Å². The fourth-order valence-corrected chi connectivity index (χ4v) is 4.26. The Hall–Kier alpha value is 0.100. The van der Waals surface area contributed by atoms with Crippen LogP contribution >= 0.6 is 27.3 Å². The van der Waals surface area contributed by atoms with Crippen LogP contribution in [0.5, 0.6) is 0 Å². The molecule has 1 aliphatic heterocycles. The van der Waals surface area contributed by atoms with Crippen molar-refractivity contribution >= 4 is 27.3 Å². The van der Waals surface area contributed by atoms with Gasteiger partial charge >= 0.3 is 0 Å². The normalized spacial score (nSPS) is 23.8. The lowest BCUT2D eigenvalue weighted by molar-refractivity contribution is 0.192. The highest BCUT2D eigenvalue weighted by molar-refractivity contribution is 9.10. The van der Waals surface area contributed by atoms with Crippen molar-refractivity contribution in [3.63, 3.8) is 0 Å². The minimum absolute atomic E-state index is 0.450. The third-order valence-corrected chi connectivity index (χ3v) is 5.53. The highest BCUT2D eigenvalue weighted by Crippen LogP contribution is 2.29. The zero-order chi connectivity index (χ0) is 12.3. The highest BCUT2D eigenvalue weighted by Gasteiger charge is 2.21. The average molecular weight is 317 g/mol. The maximum atomic E-state index is 3.77. The summed E-state index contributed by atoms with van der Waals surface area (Å²) in [5.41, 5.74) is 0. The van der Waals surface area contributed by atoms with Gasteiger partial charge in [-0.05, 0) is 60.2 Å². The zero-order valence-electron chi connectivity index (χ0n) is 10.6. The van der Waals surface area contributed by atoms with Gasteiger partial charge in [0.1, 0.15) is 0 Å². The molecular formula is C13H21BrN2S. The van der Waals surface area contributed by atoms with Crippen molar-refractivity contribution in [2.75, 3.05) is 19.6 Å². The topological polar surface area (TPSA) is 15.3 Å². The fourth-order valence-electron chi connectivity index (χ4n) is 2.52. The summed E-state index contributed by atoms with van der Waals surface area (Å²) in [6.45, 7) is 8.16. The van der Waals surface area contributed by atoms with Gasteiger partial charge in [0.05, 0.1) is 0 Å². The van der Waals surface area contributed by atoms with Crippen LogP contribution in [0.2, 0.25) is 0 Å². The van der Waals surface area contributed by atoms with Gasteiger partial charge in [0.2, 0.25) is 0 Å². The SMILES string of the molecule is CCN1CCCC(NC(C)c2sccc2Br)C1. The van der Waals surface area contributed by atoms with Gasteiger partial charge in [-0.2, -0.15) is 0 Å². The van der Waals surface area contributed by atoms with Crippen LogP contribution in [0.4, 0.5) is 0 Å². The Balaban J connectivity index is 1.90. The maximum Gasteiger partial charge on any atom is 0.0400 e. The van der Waals surface area contributed by atoms with Crippen LogP contribution in [-0.4, -0.2) is 30.6 Å². The molecule has 0 bridgehead atoms. The third-order valence-electron chi connectivity index (χ3n) is 3.48. The minimum Gasteiger partial charge on any atom is -0.305 e. The van der Waals surface area contributed by atoms with Crippen molar-refractivity contribution in [2.45, 2.75) is 38.8 Å². The first kappa shape index (κ1) is 13.5. The molecule has 1 saturated heterocycles. The van der Waals surface area contributed by atoms with Crippen molar-refractivity contribution in [2.24, 2.45) is 0 Å². The monoisotopic (exact) mass is 316 g/mol. The Morgan fingerprint density at radius 2 is 2.47 bits per heavy atom. The quantitative estimate of drug-likeness (QED) is 0.912. The molecule has 2 atom stereocenters. The molecule has 0 aliphatic carbocycles. The first-order valence-corrected chi connectivity index (χ1v) is 8.09. The summed E-state index contributed by atoms with van der Waals surface area (Å²) in [6, 6.07) is 3.23. The van der Waals surface area contributed by atoms with Crippen LogP contribution in [0.25, 0.3) is 0 Å². The molecule has 4 heteroatoms. The lowest BCUT2D eigenvalue weighted by Crippen LogP contribution is -2.46. The van der Waals surface area contributed by atoms with Crippen molar-refractivity contribution in [1.29, 1.82) is 0 Å². The van der Waals surface area contributed by atoms with E-state index in [1.807, 2.05) is 11.3 Å². The molecule has 1 fully saturated rings. The summed E-state index contributed by atoms with van der Waals surface area (Å²) in [4.78, 5) is 3.95. The molecule has 0 spiro atoms. The number of piperidine rings is 1. The molecule has 0 radical (unpaired) electrons. The molecule has 1 aromatic heterocycles. The summed E-state index contributed by atoms with van der Waals surface area (Å²) in [5.74, 6) is 0. The van der Waals surface area contributed by atoms with Gasteiger partial charge in [-0.3, -0.25) is 0 Å². The lowest BCUT2D eigenvalue weighted by Gasteiger charge is -2.34. The predicted molar refractivity (Wildman–Crippen MR) is 78.7 cm³/mol. The standard InChI is InChI=1S/C13H21BrN2S/c1-3-16-7-4-5-11(9-16)15-10(2)13-12(14)6-8-17-13/h6,8,10-11,15H,3-5,7,9H2,1-2H3. The van der Waals surface area contributed by atoms with Crippen LogP contribution in [-0.2, 0) is 0 Å². The van der Waals surface area contributed by atoms with E-state index in [0.717, 1.165) is 0 Å². The van der Waals surface area contributed by atoms with Crippen LogP contribution < -0.4 is 5.32 Å². The molecular weight excluding hydrogens is 296 g/mol. The molecule has 1 aromatic rings. The molecule has 0 amide bonds. The molecule has 2 unspecified atom stereocenters. The van der Waals surface area contributed by atoms with Crippen molar-refractivity contribution in [3.05, 3.63) is 20.8 Å². The van der Waals surface area contributed by atoms with Gasteiger partial charge in [-0.25, -0.2) is 0 Å². The minimum atomic E-state index is 0.450. The predicted octanol–water partition coefficient (Wildman–Crippen LogP) is 3.65. The lowest BCUT2D eigenvalue weighted by atomic mass is 10.0. The van der Waals surface area contributed by atoms with Crippen molar-refractivity contribution in [3.8, 4) is 0 Å². The van der Waals surface area contributed by atoms with E-state index in [9.17, 15) is 0 Å². The van der Waals surface area contributed by atoms with Gasteiger partial charge in [0.25, 0.3) is 0 Å². The Morgan fingerprint density at radius 1 is 1.65 bits per heavy atom. The molecule has 17 heavy (non-hydrogen) atoms. The summed E-state index contributed by atoms with van der Waals surface area (Å²) >= 11 is 5.45. The van der Waals surface area contributed by atoms with Gasteiger partial charge < -0.3 is 10.2 Å². The molecule has 2 heterocycles. The van der Waals surface area contributed by atoms with Crippen molar-refractivity contribution in [1.82, 2.24) is 10.2 Å². The summed E-state index contributed by atoms with van der Waals surface area (Å²) < 4.78 is 1.24. The number of likely N-dealkylation sites (N-methyl/N-ethyl adjacent to an activating group) is 1. The van der Waals surface area contributed by atoms with Crippen LogP contribution in [0, 0.1) is 0 Å². The average Bonchev–Trinajstić information content (AvgIpc) is 2.76. The molecule has 1 N–H and O–H groups in total. The summed E-state index contributed by atoms with van der Waals surface area (Å²) in [7, 11) is 0. The number of halogens is 1. The molecule has 2 rings (SSSR count). The van der Waals surface area contributed by atoms with Gasteiger partial charge in [-0.1, -0.05) is 6.92 Å². The van der Waals surface area contributed by atoms with Crippen LogP contribution in [0.15, 0.2) is 15.9 Å². The summed E-state index contributed by atoms with van der Waals surface area (Å²) in [6.07, 6.45) is 2.63. The second-order valence-corrected chi connectivity index (χ2v) is 6.56. The number of nitrogens with zero attached hydrogens (tertiary/aromatic N) is 1. The number of hydrogen-bond acceptors (Lipinski definition) is 3. The van der Waals surface area contributed by atoms with E-state index in [0.29, 0.717) is 12.1 Å². The Kier molecular flexibility index (Phi) is 5.03. The van der Waals surface area contributed by atoms with E-state index < -0.39 is 0 Å². The second-order valence-electron chi connectivity index (χ2n) is 4.75. The van der Waals surface area contributed by atoms with E-state index in [1.165, 1.54) is 41.8 Å². The van der Waals surface area contributed by atoms with Crippen LogP contribution in [0.1, 0.15) is 37.6 Å². The summed E-state index contributed by atoms with van der Waals surface area (Å²) in [5, 5.41) is 5.91. The molecule has 2 nitrogen and oxygen atoms in total. The Labute approximate surface area is 117 Å². The van der Waals surface area contributed by atoms with E-state index in [2.05, 4.69) is 51.4 Å². The first-order valence-electron chi connectivity index (χ1n) is 6.42. The third kappa shape index (κ3) is 3.53. The first-order chi connectivity index (χ1) is 8.20. The molecule has 0 aromatic carbocycles. The fraction of sp³-hybridized carbons (Fsp3) is 0.692. The molecule has 1 aliphatic rings. The largest absolute Gasteiger partial charge is 0.305 e. The number of nitrogens with one attached hydrogen (secondary N) is 1. The number of thiophene rings is 1. The molecule has 96 valence electrons. The van der Waals surface area contributed by atoms with Crippen molar-refractivity contribution < 1.29 is 0 Å². The second kappa shape index (κ2) is 6.32. The number of hydrogen-bond donors (Lipinski definition) is 1. The smallest absolute Gasteiger partial charge is 0.0400 e. The number of likely N-dealkylation sites (tertiary alicyclic amines) is 1. The van der Waals surface area contributed by atoms with Gasteiger partial charge in [-0.15, -0.1) is 11.3 Å². The Bertz CT molecular complexity index is 353. The van der Waals surface area contributed by atoms with Crippen LogP contribution in [0.3, 0.4) is 0 Å². The number of rotatable bonds is 4. The van der Waals surface area contributed by atoms with E-state index in [1.54, 1.807) is 0 Å². The van der Waals surface area contributed by atoms with E-state index in [4.69, 9.17) is 0 Å². The Morgan fingerprint density at radius 3 is 3.12 bits per heavy atom.